The van der Waals surface area contributed by atoms with Gasteiger partial charge in [-0.3, -0.25) is 0 Å². The van der Waals surface area contributed by atoms with E-state index in [1.807, 2.05) is 13.2 Å². The molecule has 0 spiro atoms. The summed E-state index contributed by atoms with van der Waals surface area (Å²) < 4.78 is 7.26. The van der Waals surface area contributed by atoms with Gasteiger partial charge in [-0.15, -0.1) is 0 Å². The third-order valence-electron chi connectivity index (χ3n) is 1.88. The maximum absolute atomic E-state index is 11.6. The van der Waals surface area contributed by atoms with Crippen LogP contribution in [0, 0.1) is 6.92 Å². The topological polar surface area (TPSA) is 39.2 Å². The number of hydrogen-bond acceptors (Lipinski definition) is 4. The SMILES string of the molecule is CCCCOC(=O)c1nc(SC)[se]c1C. The predicted molar refractivity (Wildman–Crippen MR) is 62.9 cm³/mol. The standard InChI is InChI=1S/C10H15NO2SSe/c1-4-5-6-13-9(12)8-7(2)15-10(11-8)14-3/h4-6H2,1-3H3. The third-order valence-corrected chi connectivity index (χ3v) is 5.40. The Morgan fingerprint density at radius 2 is 2.33 bits per heavy atom. The molecule has 1 aromatic heterocycles. The fourth-order valence-corrected chi connectivity index (χ4v) is 3.78. The molecule has 0 fully saturated rings. The summed E-state index contributed by atoms with van der Waals surface area (Å²) in [5.74, 6) is -0.258. The van der Waals surface area contributed by atoms with Crippen LogP contribution in [0.3, 0.4) is 0 Å². The van der Waals surface area contributed by atoms with Gasteiger partial charge in [0.25, 0.3) is 0 Å². The zero-order valence-electron chi connectivity index (χ0n) is 9.20. The van der Waals surface area contributed by atoms with Crippen molar-refractivity contribution < 1.29 is 9.53 Å². The van der Waals surface area contributed by atoms with E-state index in [9.17, 15) is 4.79 Å². The van der Waals surface area contributed by atoms with Crippen LogP contribution in [-0.4, -0.2) is 38.3 Å². The number of carbonyl (C=O) groups is 1. The van der Waals surface area contributed by atoms with Crippen LogP contribution in [-0.2, 0) is 4.74 Å². The van der Waals surface area contributed by atoms with Gasteiger partial charge in [0.15, 0.2) is 0 Å². The van der Waals surface area contributed by atoms with Crippen LogP contribution < -0.4 is 0 Å². The first-order chi connectivity index (χ1) is 7.19. The normalized spacial score (nSPS) is 10.3. The summed E-state index contributed by atoms with van der Waals surface area (Å²) in [6.45, 7) is 4.54. The van der Waals surface area contributed by atoms with Crippen molar-refractivity contribution in [3.63, 3.8) is 0 Å². The molecule has 1 heterocycles. The van der Waals surface area contributed by atoms with Gasteiger partial charge >= 0.3 is 100 Å². The summed E-state index contributed by atoms with van der Waals surface area (Å²) in [6, 6.07) is 0. The molecule has 0 radical (unpaired) electrons. The van der Waals surface area contributed by atoms with Crippen molar-refractivity contribution in [2.75, 3.05) is 12.9 Å². The van der Waals surface area contributed by atoms with E-state index in [0.717, 1.165) is 21.2 Å². The van der Waals surface area contributed by atoms with E-state index in [1.165, 1.54) is 0 Å². The summed E-state index contributed by atoms with van der Waals surface area (Å²) >= 11 is 1.85. The number of aryl methyl sites for hydroxylation is 1. The molecule has 3 nitrogen and oxygen atoms in total. The van der Waals surface area contributed by atoms with Gasteiger partial charge in [0.1, 0.15) is 0 Å². The van der Waals surface area contributed by atoms with E-state index in [-0.39, 0.29) is 20.5 Å². The molecule has 0 atom stereocenters. The molecule has 84 valence electrons. The summed E-state index contributed by atoms with van der Waals surface area (Å²) in [5, 5.41) is 0. The van der Waals surface area contributed by atoms with Crippen LogP contribution >= 0.6 is 11.8 Å². The van der Waals surface area contributed by atoms with E-state index < -0.39 is 0 Å². The molecule has 0 N–H and O–H groups in total. The van der Waals surface area contributed by atoms with Gasteiger partial charge in [-0.05, 0) is 0 Å². The fourth-order valence-electron chi connectivity index (χ4n) is 1.03. The second-order valence-corrected chi connectivity index (χ2v) is 6.98. The van der Waals surface area contributed by atoms with E-state index in [2.05, 4.69) is 11.9 Å². The molecule has 0 aliphatic heterocycles. The van der Waals surface area contributed by atoms with Crippen LogP contribution in [0.1, 0.15) is 34.7 Å². The van der Waals surface area contributed by atoms with E-state index in [0.29, 0.717) is 12.3 Å². The Morgan fingerprint density at radius 3 is 2.87 bits per heavy atom. The number of esters is 1. The fraction of sp³-hybridized carbons (Fsp3) is 0.600. The molecule has 15 heavy (non-hydrogen) atoms. The molecule has 0 unspecified atom stereocenters. The number of ether oxygens (including phenoxy) is 1. The van der Waals surface area contributed by atoms with Gasteiger partial charge in [0.05, 0.1) is 0 Å². The van der Waals surface area contributed by atoms with Crippen molar-refractivity contribution in [3.8, 4) is 0 Å². The average molecular weight is 292 g/mol. The quantitative estimate of drug-likeness (QED) is 0.361. The van der Waals surface area contributed by atoms with E-state index in [1.54, 1.807) is 11.8 Å². The summed E-state index contributed by atoms with van der Waals surface area (Å²) in [6.07, 6.45) is 3.94. The molecule has 1 rings (SSSR count). The zero-order valence-corrected chi connectivity index (χ0v) is 11.7. The van der Waals surface area contributed by atoms with Crippen molar-refractivity contribution in [2.45, 2.75) is 30.6 Å². The van der Waals surface area contributed by atoms with Gasteiger partial charge in [-0.1, -0.05) is 0 Å². The third kappa shape index (κ3) is 3.67. The van der Waals surface area contributed by atoms with Crippen LogP contribution in [0.5, 0.6) is 0 Å². The summed E-state index contributed by atoms with van der Waals surface area (Å²) in [4.78, 5) is 15.9. The van der Waals surface area contributed by atoms with Gasteiger partial charge in [0.2, 0.25) is 0 Å². The van der Waals surface area contributed by atoms with Crippen molar-refractivity contribution in [1.29, 1.82) is 0 Å². The Balaban J connectivity index is 2.60. The van der Waals surface area contributed by atoms with Crippen LogP contribution in [0.2, 0.25) is 0 Å². The minimum absolute atomic E-state index is 0.235. The average Bonchev–Trinajstić information content (AvgIpc) is 2.60. The molecular weight excluding hydrogens is 277 g/mol. The molecule has 0 amide bonds. The number of rotatable bonds is 5. The Kier molecular flexibility index (Phi) is 5.43. The first kappa shape index (κ1) is 12.8. The van der Waals surface area contributed by atoms with Crippen LogP contribution in [0.25, 0.3) is 0 Å². The monoisotopic (exact) mass is 293 g/mol. The Hall–Kier alpha value is -0.251. The zero-order chi connectivity index (χ0) is 11.3. The summed E-state index contributed by atoms with van der Waals surface area (Å²) in [7, 11) is 0. The Labute approximate surface area is 100 Å². The molecule has 0 aliphatic rings. The number of aromatic nitrogens is 1. The molecule has 0 aromatic carbocycles. The minimum atomic E-state index is -0.258. The maximum atomic E-state index is 11.6. The van der Waals surface area contributed by atoms with Crippen LogP contribution in [0.15, 0.2) is 3.90 Å². The molecular formula is C10H15NO2SSe. The number of nitrogens with zero attached hydrogens (tertiary/aromatic N) is 1. The van der Waals surface area contributed by atoms with Gasteiger partial charge in [0, 0.05) is 0 Å². The van der Waals surface area contributed by atoms with Crippen molar-refractivity contribution in [3.05, 3.63) is 10.1 Å². The summed E-state index contributed by atoms with van der Waals surface area (Å²) in [5.41, 5.74) is 0.537. The Morgan fingerprint density at radius 1 is 1.60 bits per heavy atom. The number of carbonyl (C=O) groups excluding carboxylic acids is 1. The van der Waals surface area contributed by atoms with E-state index >= 15 is 0 Å². The molecule has 0 bridgehead atoms. The first-order valence-corrected chi connectivity index (χ1v) is 7.81. The number of thioether (sulfide) groups is 1. The van der Waals surface area contributed by atoms with Crippen molar-refractivity contribution >= 4 is 32.2 Å². The van der Waals surface area contributed by atoms with Crippen molar-refractivity contribution in [1.82, 2.24) is 4.98 Å². The second-order valence-electron chi connectivity index (χ2n) is 3.08. The first-order valence-electron chi connectivity index (χ1n) is 4.87. The van der Waals surface area contributed by atoms with Gasteiger partial charge in [-0.25, -0.2) is 0 Å². The molecule has 5 heteroatoms. The number of unbranched alkanes of at least 4 members (excludes halogenated alkanes) is 1. The predicted octanol–water partition coefficient (Wildman–Crippen LogP) is 2.13. The Bertz CT molecular complexity index is 338. The van der Waals surface area contributed by atoms with Crippen LogP contribution in [0.4, 0.5) is 0 Å². The number of hydrogen-bond donors (Lipinski definition) is 0. The molecule has 0 aliphatic carbocycles. The molecule has 0 saturated carbocycles. The molecule has 0 saturated heterocycles. The van der Waals surface area contributed by atoms with E-state index in [4.69, 9.17) is 4.74 Å². The van der Waals surface area contributed by atoms with Gasteiger partial charge in [-0.2, -0.15) is 0 Å². The second kappa shape index (κ2) is 6.36. The molecule has 1 aromatic rings. The van der Waals surface area contributed by atoms with Gasteiger partial charge < -0.3 is 0 Å². The van der Waals surface area contributed by atoms with Crippen molar-refractivity contribution in [2.24, 2.45) is 0 Å².